The van der Waals surface area contributed by atoms with Crippen LogP contribution in [0.5, 0.6) is 0 Å². The molecule has 28 heavy (non-hydrogen) atoms. The maximum absolute atomic E-state index is 12.1. The van der Waals surface area contributed by atoms with Crippen LogP contribution >= 0.6 is 0 Å². The minimum atomic E-state index is -0.978. The molecule has 3 aromatic rings. The highest BCUT2D eigenvalue weighted by molar-refractivity contribution is 5.96. The topological polar surface area (TPSA) is 85.1 Å². The van der Waals surface area contributed by atoms with Gasteiger partial charge >= 0.3 is 5.97 Å². The van der Waals surface area contributed by atoms with Crippen LogP contribution in [0.1, 0.15) is 59.1 Å². The lowest BCUT2D eigenvalue weighted by Gasteiger charge is -2.10. The van der Waals surface area contributed by atoms with E-state index >= 15 is 0 Å². The number of aromatic carboxylic acids is 1. The predicted molar refractivity (Wildman–Crippen MR) is 107 cm³/mol. The van der Waals surface area contributed by atoms with Crippen LogP contribution in [0.2, 0.25) is 0 Å². The predicted octanol–water partition coefficient (Wildman–Crippen LogP) is 4.24. The summed E-state index contributed by atoms with van der Waals surface area (Å²) in [5, 5.41) is 14.0. The maximum atomic E-state index is 12.1. The van der Waals surface area contributed by atoms with E-state index < -0.39 is 5.97 Å². The number of carboxylic acids is 1. The Labute approximate surface area is 163 Å². The van der Waals surface area contributed by atoms with E-state index in [9.17, 15) is 14.7 Å². The van der Waals surface area contributed by atoms with Gasteiger partial charge in [-0.25, -0.2) is 14.5 Å². The summed E-state index contributed by atoms with van der Waals surface area (Å²) >= 11 is 0. The zero-order chi connectivity index (χ0) is 20.1. The molecule has 6 nitrogen and oxygen atoms in total. The fraction of sp³-hybridized carbons (Fsp3) is 0.273. The van der Waals surface area contributed by atoms with Gasteiger partial charge in [-0.05, 0) is 29.2 Å². The lowest BCUT2D eigenvalue weighted by molar-refractivity contribution is 0.0697. The van der Waals surface area contributed by atoms with Crippen LogP contribution in [-0.2, 0) is 13.0 Å². The minimum Gasteiger partial charge on any atom is -0.478 e. The summed E-state index contributed by atoms with van der Waals surface area (Å²) < 4.78 is 1.69. The van der Waals surface area contributed by atoms with Crippen molar-refractivity contribution in [3.8, 4) is 11.1 Å². The number of aryl methyl sites for hydroxylation is 1. The van der Waals surface area contributed by atoms with Crippen molar-refractivity contribution in [3.63, 3.8) is 0 Å². The summed E-state index contributed by atoms with van der Waals surface area (Å²) in [6, 6.07) is 14.8. The van der Waals surface area contributed by atoms with Gasteiger partial charge in [0, 0.05) is 12.8 Å². The first-order valence-electron chi connectivity index (χ1n) is 9.42. The molecule has 0 unspecified atom stereocenters. The number of aromatic nitrogens is 3. The summed E-state index contributed by atoms with van der Waals surface area (Å²) in [7, 11) is 0. The summed E-state index contributed by atoms with van der Waals surface area (Å²) in [4.78, 5) is 28.3. The fourth-order valence-corrected chi connectivity index (χ4v) is 3.13. The van der Waals surface area contributed by atoms with Crippen molar-refractivity contribution in [1.82, 2.24) is 14.8 Å². The van der Waals surface area contributed by atoms with Crippen LogP contribution in [0.4, 0.5) is 0 Å². The number of nitrogens with zero attached hydrogens (tertiary/aromatic N) is 3. The Kier molecular flexibility index (Phi) is 5.99. The van der Waals surface area contributed by atoms with Gasteiger partial charge in [-0.2, -0.15) is 0 Å². The Hall–Kier alpha value is -3.28. The minimum absolute atomic E-state index is 0.0680. The van der Waals surface area contributed by atoms with Crippen molar-refractivity contribution in [3.05, 3.63) is 71.3 Å². The van der Waals surface area contributed by atoms with Gasteiger partial charge in [0.1, 0.15) is 5.82 Å². The second-order valence-corrected chi connectivity index (χ2v) is 6.59. The monoisotopic (exact) mass is 377 g/mol. The lowest BCUT2D eigenvalue weighted by atomic mass is 9.97. The van der Waals surface area contributed by atoms with E-state index in [0.717, 1.165) is 17.5 Å². The first-order valence-corrected chi connectivity index (χ1v) is 9.42. The van der Waals surface area contributed by atoms with Crippen LogP contribution in [0.3, 0.4) is 0 Å². The van der Waals surface area contributed by atoms with Gasteiger partial charge in [0.2, 0.25) is 11.6 Å². The standard InChI is InChI=1S/C22H23N3O3/c1-3-8-19(26)21-23-20(4-2)25(24-21)14-15-11-12-17(18(13-15)22(27)28)16-9-6-5-7-10-16/h5-7,9-13H,3-4,8,14H2,1-2H3,(H,27,28). The first-order chi connectivity index (χ1) is 13.5. The van der Waals surface area contributed by atoms with Gasteiger partial charge in [-0.15, -0.1) is 5.10 Å². The van der Waals surface area contributed by atoms with Crippen molar-refractivity contribution >= 4 is 11.8 Å². The van der Waals surface area contributed by atoms with Crippen molar-refractivity contribution in [2.24, 2.45) is 0 Å². The Bertz CT molecular complexity index is 994. The molecule has 1 heterocycles. The largest absolute Gasteiger partial charge is 0.478 e. The second kappa shape index (κ2) is 8.61. The molecule has 3 rings (SSSR count). The third kappa shape index (κ3) is 4.17. The smallest absolute Gasteiger partial charge is 0.336 e. The molecule has 2 aromatic carbocycles. The highest BCUT2D eigenvalue weighted by Gasteiger charge is 2.17. The molecule has 0 aliphatic rings. The SMILES string of the molecule is CCCC(=O)c1nc(CC)n(Cc2ccc(-c3ccccc3)c(C(=O)O)c2)n1. The summed E-state index contributed by atoms with van der Waals surface area (Å²) in [5.74, 6) is -0.100. The summed E-state index contributed by atoms with van der Waals surface area (Å²) in [5.41, 5.74) is 2.56. The first kappa shape index (κ1) is 19.5. The number of Topliss-reactive ketones (excluding diaryl/α,β-unsaturated/α-hetero) is 1. The van der Waals surface area contributed by atoms with Crippen LogP contribution in [0.15, 0.2) is 48.5 Å². The normalized spacial score (nSPS) is 10.8. The second-order valence-electron chi connectivity index (χ2n) is 6.59. The van der Waals surface area contributed by atoms with Gasteiger partial charge < -0.3 is 5.11 Å². The summed E-state index contributed by atoms with van der Waals surface area (Å²) in [6.45, 7) is 4.26. The van der Waals surface area contributed by atoms with Gasteiger partial charge in [0.25, 0.3) is 0 Å². The number of carbonyl (C=O) groups excluding carboxylic acids is 1. The molecular formula is C22H23N3O3. The molecule has 0 spiro atoms. The van der Waals surface area contributed by atoms with E-state index in [1.807, 2.05) is 56.3 Å². The van der Waals surface area contributed by atoms with E-state index in [-0.39, 0.29) is 17.2 Å². The molecule has 0 amide bonds. The number of carboxylic acid groups (broad SMARTS) is 1. The van der Waals surface area contributed by atoms with E-state index in [4.69, 9.17) is 0 Å². The van der Waals surface area contributed by atoms with Gasteiger partial charge in [0.05, 0.1) is 12.1 Å². The van der Waals surface area contributed by atoms with Crippen molar-refractivity contribution in [2.45, 2.75) is 39.7 Å². The molecule has 0 aliphatic heterocycles. The maximum Gasteiger partial charge on any atom is 0.336 e. The highest BCUT2D eigenvalue weighted by Crippen LogP contribution is 2.25. The van der Waals surface area contributed by atoms with Crippen molar-refractivity contribution < 1.29 is 14.7 Å². The number of benzene rings is 2. The molecule has 144 valence electrons. The quantitative estimate of drug-likeness (QED) is 0.594. The molecular weight excluding hydrogens is 354 g/mol. The van der Waals surface area contributed by atoms with Gasteiger partial charge in [-0.3, -0.25) is 4.79 Å². The van der Waals surface area contributed by atoms with Crippen molar-refractivity contribution in [1.29, 1.82) is 0 Å². The molecule has 0 saturated heterocycles. The number of hydrogen-bond acceptors (Lipinski definition) is 4. The van der Waals surface area contributed by atoms with Crippen LogP contribution < -0.4 is 0 Å². The van der Waals surface area contributed by atoms with E-state index in [1.165, 1.54) is 0 Å². The average Bonchev–Trinajstić information content (AvgIpc) is 3.11. The lowest BCUT2D eigenvalue weighted by Crippen LogP contribution is -2.09. The van der Waals surface area contributed by atoms with Gasteiger partial charge in [0.15, 0.2) is 0 Å². The van der Waals surface area contributed by atoms with Crippen molar-refractivity contribution in [2.75, 3.05) is 0 Å². The third-order valence-corrected chi connectivity index (χ3v) is 4.52. The number of carbonyl (C=O) groups is 2. The molecule has 0 aliphatic carbocycles. The molecule has 6 heteroatoms. The zero-order valence-corrected chi connectivity index (χ0v) is 16.1. The molecule has 1 N–H and O–H groups in total. The molecule has 0 fully saturated rings. The Balaban J connectivity index is 1.94. The molecule has 0 radical (unpaired) electrons. The van der Waals surface area contributed by atoms with E-state index in [2.05, 4.69) is 10.1 Å². The van der Waals surface area contributed by atoms with Gasteiger partial charge in [-0.1, -0.05) is 56.3 Å². The third-order valence-electron chi connectivity index (χ3n) is 4.52. The fourth-order valence-electron chi connectivity index (χ4n) is 3.13. The number of hydrogen-bond donors (Lipinski definition) is 1. The molecule has 0 saturated carbocycles. The molecule has 0 bridgehead atoms. The highest BCUT2D eigenvalue weighted by atomic mass is 16.4. The Morgan fingerprint density at radius 3 is 2.46 bits per heavy atom. The van der Waals surface area contributed by atoms with Crippen LogP contribution in [0, 0.1) is 0 Å². The van der Waals surface area contributed by atoms with E-state index in [0.29, 0.717) is 30.8 Å². The Morgan fingerprint density at radius 1 is 1.07 bits per heavy atom. The summed E-state index contributed by atoms with van der Waals surface area (Å²) in [6.07, 6.45) is 1.81. The average molecular weight is 377 g/mol. The zero-order valence-electron chi connectivity index (χ0n) is 16.1. The number of ketones is 1. The Morgan fingerprint density at radius 2 is 1.82 bits per heavy atom. The molecule has 0 atom stereocenters. The number of rotatable bonds is 8. The van der Waals surface area contributed by atoms with Crippen LogP contribution in [-0.4, -0.2) is 31.6 Å². The van der Waals surface area contributed by atoms with E-state index in [1.54, 1.807) is 10.7 Å². The molecule has 1 aromatic heterocycles. The van der Waals surface area contributed by atoms with Crippen LogP contribution in [0.25, 0.3) is 11.1 Å².